The van der Waals surface area contributed by atoms with E-state index in [9.17, 15) is 0 Å². The Balaban J connectivity index is 1.09. The van der Waals surface area contributed by atoms with Gasteiger partial charge in [-0.05, 0) is 89.0 Å². The van der Waals surface area contributed by atoms with E-state index in [2.05, 4.69) is 228 Å². The number of hydrogen-bond acceptors (Lipinski definition) is 1. The van der Waals surface area contributed by atoms with Crippen LogP contribution < -0.4 is 0 Å². The molecule has 0 spiro atoms. The Morgan fingerprint density at radius 3 is 1.28 bits per heavy atom. The molecule has 0 N–H and O–H groups in total. The van der Waals surface area contributed by atoms with E-state index in [-0.39, 0.29) is 0 Å². The van der Waals surface area contributed by atoms with Gasteiger partial charge in [0.1, 0.15) is 0 Å². The molecule has 3 heteroatoms. The zero-order chi connectivity index (χ0) is 38.2. The van der Waals surface area contributed by atoms with Gasteiger partial charge in [-0.2, -0.15) is 0 Å². The molecule has 3 heterocycles. The summed E-state index contributed by atoms with van der Waals surface area (Å²) >= 11 is 1.86. The van der Waals surface area contributed by atoms with E-state index in [1.807, 2.05) is 11.3 Å². The van der Waals surface area contributed by atoms with Crippen molar-refractivity contribution >= 4 is 75.1 Å². The van der Waals surface area contributed by atoms with Crippen LogP contribution in [-0.2, 0) is 5.41 Å². The molecule has 0 atom stereocenters. The standard InChI is InChI=1S/C55H36N2S/c1-4-16-37(17-5-1)55(38-18-6-2-7-19-38,39-20-8-3-9-21-39)40-28-31-51-46(34-40)43-22-10-13-25-49(43)56(51)41-29-32-52-47(35-41)44-23-11-14-26-50(44)57(52)42-30-33-54-48(36-42)45-24-12-15-27-53(45)58-54/h1-36H. The summed E-state index contributed by atoms with van der Waals surface area (Å²) in [6.07, 6.45) is 0. The predicted octanol–water partition coefficient (Wildman–Crippen LogP) is 14.6. The summed E-state index contributed by atoms with van der Waals surface area (Å²) in [6, 6.07) is 80.6. The van der Waals surface area contributed by atoms with Gasteiger partial charge in [-0.15, -0.1) is 11.3 Å². The van der Waals surface area contributed by atoms with Crippen molar-refractivity contribution in [2.45, 2.75) is 5.41 Å². The van der Waals surface area contributed by atoms with Gasteiger partial charge in [0, 0.05) is 53.1 Å². The molecule has 12 aromatic rings. The molecule has 0 saturated carbocycles. The Bertz CT molecular complexity index is 3400. The smallest absolute Gasteiger partial charge is 0.0701 e. The van der Waals surface area contributed by atoms with Gasteiger partial charge < -0.3 is 9.13 Å². The number of hydrogen-bond donors (Lipinski definition) is 0. The van der Waals surface area contributed by atoms with Crippen molar-refractivity contribution in [3.05, 3.63) is 241 Å². The van der Waals surface area contributed by atoms with Crippen LogP contribution in [0.25, 0.3) is 75.2 Å². The van der Waals surface area contributed by atoms with Crippen LogP contribution in [0, 0.1) is 0 Å². The van der Waals surface area contributed by atoms with Gasteiger partial charge in [0.15, 0.2) is 0 Å². The Kier molecular flexibility index (Phi) is 7.35. The lowest BCUT2D eigenvalue weighted by atomic mass is 9.65. The minimum Gasteiger partial charge on any atom is -0.309 e. The van der Waals surface area contributed by atoms with Crippen molar-refractivity contribution in [1.29, 1.82) is 0 Å². The maximum absolute atomic E-state index is 2.46. The van der Waals surface area contributed by atoms with Gasteiger partial charge >= 0.3 is 0 Å². The lowest BCUT2D eigenvalue weighted by molar-refractivity contribution is 0.746. The fourth-order valence-electron chi connectivity index (χ4n) is 9.78. The SMILES string of the molecule is c1ccc(C(c2ccccc2)(c2ccccc2)c2ccc3c(c2)c2ccccc2n3-c2ccc3c(c2)c2ccccc2n3-c2ccc3sc4ccccc4c3c2)cc1. The third-order valence-corrected chi connectivity index (χ3v) is 13.4. The second kappa shape index (κ2) is 12.9. The van der Waals surface area contributed by atoms with Gasteiger partial charge in [-0.1, -0.05) is 152 Å². The first-order chi connectivity index (χ1) is 28.8. The van der Waals surface area contributed by atoms with Crippen LogP contribution in [0.5, 0.6) is 0 Å². The molecule has 0 bridgehead atoms. The number of fused-ring (bicyclic) bond motifs is 9. The molecule has 3 aromatic heterocycles. The molecular formula is C55H36N2S. The van der Waals surface area contributed by atoms with Crippen LogP contribution in [0.2, 0.25) is 0 Å². The minimum atomic E-state index is -0.528. The summed E-state index contributed by atoms with van der Waals surface area (Å²) in [7, 11) is 0. The predicted molar refractivity (Wildman–Crippen MR) is 246 cm³/mol. The summed E-state index contributed by atoms with van der Waals surface area (Å²) < 4.78 is 7.54. The summed E-state index contributed by atoms with van der Waals surface area (Å²) in [4.78, 5) is 0. The Morgan fingerprint density at radius 2 is 0.690 bits per heavy atom. The number of nitrogens with zero attached hydrogens (tertiary/aromatic N) is 2. The topological polar surface area (TPSA) is 9.86 Å². The minimum absolute atomic E-state index is 0.528. The van der Waals surface area contributed by atoms with Crippen LogP contribution >= 0.6 is 11.3 Å². The molecule has 12 rings (SSSR count). The Labute approximate surface area is 340 Å². The number of thiophene rings is 1. The molecule has 0 aliphatic rings. The largest absolute Gasteiger partial charge is 0.309 e. The molecule has 2 nitrogen and oxygen atoms in total. The van der Waals surface area contributed by atoms with Crippen molar-refractivity contribution in [2.75, 3.05) is 0 Å². The Hall–Kier alpha value is -7.20. The molecule has 0 fully saturated rings. The van der Waals surface area contributed by atoms with E-state index in [1.165, 1.54) is 91.7 Å². The maximum atomic E-state index is 2.46. The average Bonchev–Trinajstić information content (AvgIpc) is 3.95. The normalized spacial score (nSPS) is 12.1. The summed E-state index contributed by atoms with van der Waals surface area (Å²) in [5.41, 5.74) is 11.5. The van der Waals surface area contributed by atoms with Crippen LogP contribution in [0.1, 0.15) is 22.3 Å². The quantitative estimate of drug-likeness (QED) is 0.150. The molecule has 0 amide bonds. The third-order valence-electron chi connectivity index (χ3n) is 12.3. The second-order valence-corrected chi connectivity index (χ2v) is 16.3. The zero-order valence-electron chi connectivity index (χ0n) is 31.6. The number of aromatic nitrogens is 2. The van der Waals surface area contributed by atoms with Gasteiger partial charge in [0.05, 0.1) is 27.5 Å². The lowest BCUT2D eigenvalue weighted by Crippen LogP contribution is -2.30. The highest BCUT2D eigenvalue weighted by molar-refractivity contribution is 7.25. The van der Waals surface area contributed by atoms with Crippen LogP contribution in [0.3, 0.4) is 0 Å². The average molecular weight is 757 g/mol. The highest BCUT2D eigenvalue weighted by atomic mass is 32.1. The highest BCUT2D eigenvalue weighted by Gasteiger charge is 2.38. The third kappa shape index (κ3) is 4.78. The molecule has 58 heavy (non-hydrogen) atoms. The number of benzene rings is 9. The van der Waals surface area contributed by atoms with Crippen molar-refractivity contribution in [3.63, 3.8) is 0 Å². The maximum Gasteiger partial charge on any atom is 0.0701 e. The van der Waals surface area contributed by atoms with Gasteiger partial charge in [0.25, 0.3) is 0 Å². The van der Waals surface area contributed by atoms with Crippen LogP contribution in [-0.4, -0.2) is 9.13 Å². The van der Waals surface area contributed by atoms with Crippen LogP contribution in [0.4, 0.5) is 0 Å². The monoisotopic (exact) mass is 756 g/mol. The first-order valence-electron chi connectivity index (χ1n) is 19.9. The summed E-state index contributed by atoms with van der Waals surface area (Å²) in [6.45, 7) is 0. The molecular weight excluding hydrogens is 721 g/mol. The van der Waals surface area contributed by atoms with Crippen molar-refractivity contribution in [1.82, 2.24) is 9.13 Å². The van der Waals surface area contributed by atoms with Gasteiger partial charge in [-0.25, -0.2) is 0 Å². The molecule has 272 valence electrons. The van der Waals surface area contributed by atoms with E-state index in [1.54, 1.807) is 0 Å². The fourth-order valence-corrected chi connectivity index (χ4v) is 10.9. The molecule has 0 aliphatic heterocycles. The zero-order valence-corrected chi connectivity index (χ0v) is 32.4. The molecule has 9 aromatic carbocycles. The van der Waals surface area contributed by atoms with Crippen molar-refractivity contribution < 1.29 is 0 Å². The van der Waals surface area contributed by atoms with Crippen molar-refractivity contribution in [2.24, 2.45) is 0 Å². The molecule has 0 unspecified atom stereocenters. The van der Waals surface area contributed by atoms with E-state index < -0.39 is 5.41 Å². The highest BCUT2D eigenvalue weighted by Crippen LogP contribution is 2.47. The van der Waals surface area contributed by atoms with Crippen LogP contribution in [0.15, 0.2) is 218 Å². The van der Waals surface area contributed by atoms with Gasteiger partial charge in [0.2, 0.25) is 0 Å². The number of rotatable bonds is 6. The molecule has 0 aliphatic carbocycles. The first kappa shape index (κ1) is 33.0. The fraction of sp³-hybridized carbons (Fsp3) is 0.0182. The van der Waals surface area contributed by atoms with E-state index >= 15 is 0 Å². The van der Waals surface area contributed by atoms with E-state index in [0.29, 0.717) is 0 Å². The summed E-state index contributed by atoms with van der Waals surface area (Å²) in [5.74, 6) is 0. The molecule has 0 radical (unpaired) electrons. The summed E-state index contributed by atoms with van der Waals surface area (Å²) in [5, 5.41) is 7.58. The first-order valence-corrected chi connectivity index (χ1v) is 20.7. The second-order valence-electron chi connectivity index (χ2n) is 15.3. The van der Waals surface area contributed by atoms with E-state index in [4.69, 9.17) is 0 Å². The molecule has 0 saturated heterocycles. The van der Waals surface area contributed by atoms with E-state index in [0.717, 1.165) is 5.69 Å². The van der Waals surface area contributed by atoms with Crippen molar-refractivity contribution in [3.8, 4) is 11.4 Å². The number of para-hydroxylation sites is 2. The lowest BCUT2D eigenvalue weighted by Gasteiger charge is -2.37. The Morgan fingerprint density at radius 1 is 0.276 bits per heavy atom. The van der Waals surface area contributed by atoms with Gasteiger partial charge in [-0.3, -0.25) is 0 Å².